The van der Waals surface area contributed by atoms with Crippen LogP contribution in [0.1, 0.15) is 17.2 Å². The van der Waals surface area contributed by atoms with Crippen LogP contribution in [0.5, 0.6) is 0 Å². The first-order valence-electron chi connectivity index (χ1n) is 3.98. The minimum atomic E-state index is -4.50. The molecule has 0 radical (unpaired) electrons. The van der Waals surface area contributed by atoms with Crippen LogP contribution in [0.2, 0.25) is 0 Å². The number of aryl methyl sites for hydroxylation is 1. The average molecular weight is 205 g/mol. The molecule has 1 atom stereocenters. The molecule has 0 aliphatic carbocycles. The normalized spacial score (nSPS) is 14.1. The fraction of sp³-hybridized carbons (Fsp3) is 0.333. The molecule has 0 aliphatic rings. The molecule has 0 saturated carbocycles. The van der Waals surface area contributed by atoms with E-state index in [1.165, 1.54) is 17.6 Å². The summed E-state index contributed by atoms with van der Waals surface area (Å²) in [6.07, 6.45) is -4.50. The van der Waals surface area contributed by atoms with Gasteiger partial charge in [0.25, 0.3) is 0 Å². The quantitative estimate of drug-likeness (QED) is 0.727. The van der Waals surface area contributed by atoms with E-state index in [1.54, 1.807) is 19.1 Å². The lowest BCUT2D eigenvalue weighted by atomic mass is 10.0. The third kappa shape index (κ3) is 2.24. The number of nitrogens with one attached hydrogen (secondary N) is 1. The highest BCUT2D eigenvalue weighted by atomic mass is 19.4. The van der Waals surface area contributed by atoms with Crippen LogP contribution in [0.3, 0.4) is 0 Å². The lowest BCUT2D eigenvalue weighted by molar-refractivity contribution is -0.178. The monoisotopic (exact) mass is 205 g/mol. The summed E-state index contributed by atoms with van der Waals surface area (Å²) in [6.45, 7) is 1.56. The minimum absolute atomic E-state index is 0.0301. The highest BCUT2D eigenvalue weighted by Gasteiger charge is 2.41. The van der Waals surface area contributed by atoms with Crippen molar-refractivity contribution in [2.45, 2.75) is 19.1 Å². The zero-order chi connectivity index (χ0) is 10.8. The lowest BCUT2D eigenvalue weighted by Crippen LogP contribution is -2.32. The predicted octanol–water partition coefficient (Wildman–Crippen LogP) is 2.58. The maximum Gasteiger partial charge on any atom is 0.410 e. The molecule has 2 N–H and O–H groups in total. The Morgan fingerprint density at radius 2 is 1.86 bits per heavy atom. The summed E-state index contributed by atoms with van der Waals surface area (Å²) in [7, 11) is 0. The molecule has 0 saturated heterocycles. The van der Waals surface area contributed by atoms with Crippen molar-refractivity contribution in [2.24, 2.45) is 0 Å². The molecule has 5 heteroatoms. The summed E-state index contributed by atoms with van der Waals surface area (Å²) >= 11 is 0. The van der Waals surface area contributed by atoms with Crippen molar-refractivity contribution < 1.29 is 18.4 Å². The van der Waals surface area contributed by atoms with Gasteiger partial charge in [0.15, 0.2) is 6.04 Å². The van der Waals surface area contributed by atoms with E-state index < -0.39 is 12.2 Å². The first-order valence-corrected chi connectivity index (χ1v) is 3.98. The van der Waals surface area contributed by atoms with Crippen LogP contribution in [-0.4, -0.2) is 11.4 Å². The van der Waals surface area contributed by atoms with E-state index >= 15 is 0 Å². The fourth-order valence-electron chi connectivity index (χ4n) is 1.23. The van der Waals surface area contributed by atoms with Gasteiger partial charge in [0.05, 0.1) is 0 Å². The summed E-state index contributed by atoms with van der Waals surface area (Å²) in [6, 6.07) is 4.01. The van der Waals surface area contributed by atoms with Crippen LogP contribution < -0.4 is 5.48 Å². The standard InChI is InChI=1S/C9H10F3NO/c1-6-4-2-3-5-7(6)8(13-14)9(10,11)12/h2-5,8,13-14H,1H3. The molecular weight excluding hydrogens is 195 g/mol. The van der Waals surface area contributed by atoms with Crippen LogP contribution >= 0.6 is 0 Å². The molecule has 0 aromatic heterocycles. The van der Waals surface area contributed by atoms with Crippen molar-refractivity contribution in [1.82, 2.24) is 5.48 Å². The van der Waals surface area contributed by atoms with E-state index in [0.29, 0.717) is 5.56 Å². The molecule has 0 amide bonds. The van der Waals surface area contributed by atoms with E-state index in [1.807, 2.05) is 0 Å². The number of hydroxylamine groups is 1. The van der Waals surface area contributed by atoms with Gasteiger partial charge in [-0.3, -0.25) is 0 Å². The van der Waals surface area contributed by atoms with Gasteiger partial charge >= 0.3 is 6.18 Å². The Bertz CT molecular complexity index is 311. The summed E-state index contributed by atoms with van der Waals surface area (Å²) < 4.78 is 37.1. The van der Waals surface area contributed by atoms with E-state index in [4.69, 9.17) is 5.21 Å². The number of alkyl halides is 3. The van der Waals surface area contributed by atoms with E-state index in [-0.39, 0.29) is 5.56 Å². The molecule has 1 aromatic rings. The Balaban J connectivity index is 3.08. The van der Waals surface area contributed by atoms with E-state index in [2.05, 4.69) is 0 Å². The first-order chi connectivity index (χ1) is 6.46. The van der Waals surface area contributed by atoms with E-state index in [0.717, 1.165) is 0 Å². The van der Waals surface area contributed by atoms with Crippen molar-refractivity contribution in [2.75, 3.05) is 0 Å². The largest absolute Gasteiger partial charge is 0.410 e. The smallest absolute Gasteiger partial charge is 0.316 e. The Labute approximate surface area is 79.3 Å². The molecule has 78 valence electrons. The molecule has 0 spiro atoms. The maximum absolute atomic E-state index is 12.4. The van der Waals surface area contributed by atoms with Crippen LogP contribution in [0.15, 0.2) is 24.3 Å². The van der Waals surface area contributed by atoms with Crippen LogP contribution in [0.4, 0.5) is 13.2 Å². The molecule has 0 bridgehead atoms. The van der Waals surface area contributed by atoms with Gasteiger partial charge in [0.1, 0.15) is 0 Å². The molecule has 0 aliphatic heterocycles. The van der Waals surface area contributed by atoms with Gasteiger partial charge in [0.2, 0.25) is 0 Å². The summed E-state index contributed by atoms with van der Waals surface area (Å²) in [5.41, 5.74) is 1.79. The number of rotatable bonds is 2. The second-order valence-electron chi connectivity index (χ2n) is 2.96. The highest BCUT2D eigenvalue weighted by Crippen LogP contribution is 2.33. The van der Waals surface area contributed by atoms with Crippen LogP contribution in [0, 0.1) is 6.92 Å². The zero-order valence-corrected chi connectivity index (χ0v) is 7.47. The predicted molar refractivity (Wildman–Crippen MR) is 44.9 cm³/mol. The molecule has 0 fully saturated rings. The third-order valence-electron chi connectivity index (χ3n) is 1.96. The topological polar surface area (TPSA) is 32.3 Å². The maximum atomic E-state index is 12.4. The minimum Gasteiger partial charge on any atom is -0.316 e. The Kier molecular flexibility index (Phi) is 3.13. The number of halogens is 3. The number of benzene rings is 1. The van der Waals surface area contributed by atoms with Crippen molar-refractivity contribution in [3.63, 3.8) is 0 Å². The molecule has 14 heavy (non-hydrogen) atoms. The SMILES string of the molecule is Cc1ccccc1C(NO)C(F)(F)F. The van der Waals surface area contributed by atoms with Crippen molar-refractivity contribution >= 4 is 0 Å². The molecule has 1 aromatic carbocycles. The van der Waals surface area contributed by atoms with Crippen molar-refractivity contribution in [1.29, 1.82) is 0 Å². The molecule has 1 unspecified atom stereocenters. The lowest BCUT2D eigenvalue weighted by Gasteiger charge is -2.20. The Morgan fingerprint density at radius 1 is 1.29 bits per heavy atom. The number of hydrogen-bond donors (Lipinski definition) is 2. The second kappa shape index (κ2) is 3.98. The molecule has 1 rings (SSSR count). The molecule has 2 nitrogen and oxygen atoms in total. The third-order valence-corrected chi connectivity index (χ3v) is 1.96. The fourth-order valence-corrected chi connectivity index (χ4v) is 1.23. The van der Waals surface area contributed by atoms with Gasteiger partial charge in [-0.25, -0.2) is 0 Å². The number of hydrogen-bond acceptors (Lipinski definition) is 2. The molecular formula is C9H10F3NO. The second-order valence-corrected chi connectivity index (χ2v) is 2.96. The summed E-state index contributed by atoms with van der Waals surface area (Å²) in [4.78, 5) is 0. The van der Waals surface area contributed by atoms with Gasteiger partial charge in [-0.05, 0) is 18.1 Å². The Morgan fingerprint density at radius 3 is 2.29 bits per heavy atom. The van der Waals surface area contributed by atoms with E-state index in [9.17, 15) is 13.2 Å². The van der Waals surface area contributed by atoms with Gasteiger partial charge in [-0.2, -0.15) is 18.7 Å². The summed E-state index contributed by atoms with van der Waals surface area (Å²) in [5, 5.41) is 8.47. The molecule has 0 heterocycles. The van der Waals surface area contributed by atoms with Gasteiger partial charge in [-0.1, -0.05) is 24.3 Å². The van der Waals surface area contributed by atoms with Gasteiger partial charge < -0.3 is 5.21 Å². The van der Waals surface area contributed by atoms with Crippen molar-refractivity contribution in [3.8, 4) is 0 Å². The van der Waals surface area contributed by atoms with Gasteiger partial charge in [-0.15, -0.1) is 0 Å². The first kappa shape index (κ1) is 11.0. The van der Waals surface area contributed by atoms with Crippen molar-refractivity contribution in [3.05, 3.63) is 35.4 Å². The highest BCUT2D eigenvalue weighted by molar-refractivity contribution is 5.29. The zero-order valence-electron chi connectivity index (χ0n) is 7.47. The Hall–Kier alpha value is -1.07. The van der Waals surface area contributed by atoms with Gasteiger partial charge in [0, 0.05) is 0 Å². The summed E-state index contributed by atoms with van der Waals surface area (Å²) in [5.74, 6) is 0. The van der Waals surface area contributed by atoms with Crippen LogP contribution in [0.25, 0.3) is 0 Å². The average Bonchev–Trinajstić information content (AvgIpc) is 2.07. The van der Waals surface area contributed by atoms with Crippen LogP contribution in [-0.2, 0) is 0 Å².